The molecule has 0 bridgehead atoms. The molecule has 0 fully saturated rings. The number of aliphatic hydroxyl groups excluding tert-OH is 1. The number of benzene rings is 2. The molecule has 0 saturated heterocycles. The van der Waals surface area contributed by atoms with Gasteiger partial charge in [0.25, 0.3) is 0 Å². The molecule has 0 radical (unpaired) electrons. The Morgan fingerprint density at radius 3 is 2.30 bits per heavy atom. The molecule has 0 aliphatic rings. The van der Waals surface area contributed by atoms with Gasteiger partial charge in [-0.25, -0.2) is 0 Å². The summed E-state index contributed by atoms with van der Waals surface area (Å²) < 4.78 is 10.7. The van der Waals surface area contributed by atoms with Crippen LogP contribution in [0.1, 0.15) is 6.92 Å². The molecule has 0 unspecified atom stereocenters. The van der Waals surface area contributed by atoms with Gasteiger partial charge in [0, 0.05) is 24.4 Å². The summed E-state index contributed by atoms with van der Waals surface area (Å²) in [7, 11) is 1.50. The fourth-order valence-electron chi connectivity index (χ4n) is 2.19. The van der Waals surface area contributed by atoms with E-state index in [1.807, 2.05) is 0 Å². The lowest BCUT2D eigenvalue weighted by Gasteiger charge is -2.16. The summed E-state index contributed by atoms with van der Waals surface area (Å²) >= 11 is 11.5. The van der Waals surface area contributed by atoms with E-state index in [0.29, 0.717) is 33.0 Å². The molecule has 0 heterocycles. The molecule has 0 aliphatic carbocycles. The average Bonchev–Trinajstić information content (AvgIpc) is 2.62. The van der Waals surface area contributed by atoms with Gasteiger partial charge in [0.1, 0.15) is 18.1 Å². The van der Waals surface area contributed by atoms with Crippen LogP contribution in [0.5, 0.6) is 11.5 Å². The molecule has 7 nitrogen and oxygen atoms in total. The van der Waals surface area contributed by atoms with Crippen LogP contribution in [0, 0.1) is 0 Å². The standard InChI is InChI=1S/C18H20ClN3O4S/c1-11(24)20-12-3-5-13(6-4-12)21-18(27)22-15-9-14(19)16(25-2)10-17(15)26-8-7-23/h3-6,9-10,23H,7-8H2,1-2H3,(H,20,24)(H2,21,22,27). The summed E-state index contributed by atoms with van der Waals surface area (Å²) in [6.07, 6.45) is 0. The molecule has 9 heteroatoms. The number of aliphatic hydroxyl groups is 1. The number of thiocarbonyl (C=S) groups is 1. The van der Waals surface area contributed by atoms with E-state index >= 15 is 0 Å². The second kappa shape index (κ2) is 9.96. The molecule has 1 amide bonds. The lowest BCUT2D eigenvalue weighted by Crippen LogP contribution is -2.20. The third-order valence-electron chi connectivity index (χ3n) is 3.31. The van der Waals surface area contributed by atoms with Crippen molar-refractivity contribution in [2.24, 2.45) is 0 Å². The Kier molecular flexibility index (Phi) is 7.66. The van der Waals surface area contributed by atoms with Crippen molar-refractivity contribution in [2.45, 2.75) is 6.92 Å². The summed E-state index contributed by atoms with van der Waals surface area (Å²) in [4.78, 5) is 11.1. The molecule has 0 aliphatic heterocycles. The van der Waals surface area contributed by atoms with Gasteiger partial charge in [-0.2, -0.15) is 0 Å². The number of anilines is 3. The van der Waals surface area contributed by atoms with E-state index in [9.17, 15) is 4.79 Å². The van der Waals surface area contributed by atoms with Crippen molar-refractivity contribution in [3.8, 4) is 11.5 Å². The normalized spacial score (nSPS) is 10.1. The smallest absolute Gasteiger partial charge is 0.221 e. The highest BCUT2D eigenvalue weighted by Gasteiger charge is 2.12. The molecule has 0 spiro atoms. The van der Waals surface area contributed by atoms with E-state index in [4.69, 9.17) is 38.4 Å². The number of nitrogens with one attached hydrogen (secondary N) is 3. The minimum absolute atomic E-state index is 0.115. The van der Waals surface area contributed by atoms with E-state index in [2.05, 4.69) is 16.0 Å². The van der Waals surface area contributed by atoms with Crippen molar-refractivity contribution < 1.29 is 19.4 Å². The first-order valence-electron chi connectivity index (χ1n) is 7.99. The molecule has 2 aromatic rings. The SMILES string of the molecule is COc1cc(OCCO)c(NC(=S)Nc2ccc(NC(C)=O)cc2)cc1Cl. The molecule has 27 heavy (non-hydrogen) atoms. The van der Waals surface area contributed by atoms with Crippen LogP contribution < -0.4 is 25.4 Å². The van der Waals surface area contributed by atoms with Crippen LogP contribution in [0.15, 0.2) is 36.4 Å². The maximum absolute atomic E-state index is 11.1. The Morgan fingerprint density at radius 1 is 1.11 bits per heavy atom. The molecule has 0 saturated carbocycles. The van der Waals surface area contributed by atoms with Crippen molar-refractivity contribution in [1.82, 2.24) is 0 Å². The summed E-state index contributed by atoms with van der Waals surface area (Å²) in [5.74, 6) is 0.748. The van der Waals surface area contributed by atoms with Gasteiger partial charge in [0.05, 0.1) is 24.4 Å². The molecule has 0 atom stereocenters. The Morgan fingerprint density at radius 2 is 1.74 bits per heavy atom. The van der Waals surface area contributed by atoms with Gasteiger partial charge >= 0.3 is 0 Å². The Bertz CT molecular complexity index is 815. The van der Waals surface area contributed by atoms with E-state index in [1.54, 1.807) is 36.4 Å². The third-order valence-corrected chi connectivity index (χ3v) is 3.81. The maximum Gasteiger partial charge on any atom is 0.221 e. The van der Waals surface area contributed by atoms with E-state index in [0.717, 1.165) is 5.69 Å². The number of halogens is 1. The second-order valence-electron chi connectivity index (χ2n) is 5.39. The van der Waals surface area contributed by atoms with E-state index < -0.39 is 0 Å². The number of ether oxygens (including phenoxy) is 2. The summed E-state index contributed by atoms with van der Waals surface area (Å²) in [6.45, 7) is 1.43. The minimum atomic E-state index is -0.139. The highest BCUT2D eigenvalue weighted by atomic mass is 35.5. The highest BCUT2D eigenvalue weighted by Crippen LogP contribution is 2.36. The first-order valence-corrected chi connectivity index (χ1v) is 8.78. The lowest BCUT2D eigenvalue weighted by atomic mass is 10.2. The predicted octanol–water partition coefficient (Wildman–Crippen LogP) is 3.49. The number of methoxy groups -OCH3 is 1. The molecule has 2 aromatic carbocycles. The van der Waals surface area contributed by atoms with Crippen LogP contribution in [0.25, 0.3) is 0 Å². The van der Waals surface area contributed by atoms with Gasteiger partial charge in [0.15, 0.2) is 5.11 Å². The maximum atomic E-state index is 11.1. The Hall–Kier alpha value is -2.55. The molecule has 144 valence electrons. The average molecular weight is 410 g/mol. The number of rotatable bonds is 7. The Labute approximate surface area is 167 Å². The van der Waals surface area contributed by atoms with E-state index in [1.165, 1.54) is 14.0 Å². The fourth-order valence-corrected chi connectivity index (χ4v) is 2.66. The lowest BCUT2D eigenvalue weighted by molar-refractivity contribution is -0.114. The first-order chi connectivity index (χ1) is 12.9. The quantitative estimate of drug-likeness (QED) is 0.520. The van der Waals surface area contributed by atoms with Gasteiger partial charge in [0.2, 0.25) is 5.91 Å². The zero-order valence-electron chi connectivity index (χ0n) is 14.8. The topological polar surface area (TPSA) is 91.8 Å². The molecular weight excluding hydrogens is 390 g/mol. The van der Waals surface area contributed by atoms with Crippen molar-refractivity contribution in [3.63, 3.8) is 0 Å². The first kappa shape index (κ1) is 20.8. The number of carbonyl (C=O) groups is 1. The van der Waals surface area contributed by atoms with Gasteiger partial charge < -0.3 is 30.5 Å². The van der Waals surface area contributed by atoms with Gasteiger partial charge in [-0.15, -0.1) is 0 Å². The van der Waals surface area contributed by atoms with Gasteiger partial charge in [-0.3, -0.25) is 4.79 Å². The summed E-state index contributed by atoms with van der Waals surface area (Å²) in [5.41, 5.74) is 1.95. The summed E-state index contributed by atoms with van der Waals surface area (Å²) in [5, 5.41) is 18.4. The Balaban J connectivity index is 2.09. The molecule has 4 N–H and O–H groups in total. The van der Waals surface area contributed by atoms with Crippen molar-refractivity contribution in [3.05, 3.63) is 41.4 Å². The van der Waals surface area contributed by atoms with Gasteiger partial charge in [-0.05, 0) is 42.5 Å². The van der Waals surface area contributed by atoms with Crippen molar-refractivity contribution in [1.29, 1.82) is 0 Å². The summed E-state index contributed by atoms with van der Waals surface area (Å²) in [6, 6.07) is 10.3. The second-order valence-corrected chi connectivity index (χ2v) is 6.21. The number of hydrogen-bond acceptors (Lipinski definition) is 5. The minimum Gasteiger partial charge on any atom is -0.495 e. The van der Waals surface area contributed by atoms with Crippen LogP contribution >= 0.6 is 23.8 Å². The molecule has 0 aromatic heterocycles. The number of hydrogen-bond donors (Lipinski definition) is 4. The van der Waals surface area contributed by atoms with Crippen LogP contribution in [-0.4, -0.2) is 36.4 Å². The van der Waals surface area contributed by atoms with E-state index in [-0.39, 0.29) is 19.1 Å². The zero-order valence-corrected chi connectivity index (χ0v) is 16.4. The predicted molar refractivity (Wildman–Crippen MR) is 111 cm³/mol. The van der Waals surface area contributed by atoms with Crippen LogP contribution in [0.3, 0.4) is 0 Å². The van der Waals surface area contributed by atoms with Crippen molar-refractivity contribution in [2.75, 3.05) is 36.3 Å². The van der Waals surface area contributed by atoms with Crippen LogP contribution in [0.4, 0.5) is 17.1 Å². The number of amides is 1. The highest BCUT2D eigenvalue weighted by molar-refractivity contribution is 7.80. The molecule has 2 rings (SSSR count). The monoisotopic (exact) mass is 409 g/mol. The van der Waals surface area contributed by atoms with Gasteiger partial charge in [-0.1, -0.05) is 11.6 Å². The van der Waals surface area contributed by atoms with Crippen LogP contribution in [-0.2, 0) is 4.79 Å². The van der Waals surface area contributed by atoms with Crippen LogP contribution in [0.2, 0.25) is 5.02 Å². The number of carbonyl (C=O) groups excluding carboxylic acids is 1. The fraction of sp³-hybridized carbons (Fsp3) is 0.222. The zero-order chi connectivity index (χ0) is 19.8. The molecular formula is C18H20ClN3O4S. The largest absolute Gasteiger partial charge is 0.495 e. The van der Waals surface area contributed by atoms with Crippen molar-refractivity contribution >= 4 is 51.9 Å². The third kappa shape index (κ3) is 6.28.